The van der Waals surface area contributed by atoms with Crippen LogP contribution in [0.2, 0.25) is 0 Å². The number of nitrogens with zero attached hydrogens (tertiary/aromatic N) is 1. The zero-order valence-electron chi connectivity index (χ0n) is 7.52. The van der Waals surface area contributed by atoms with Gasteiger partial charge in [0.1, 0.15) is 5.56 Å². The number of hydrogen-bond donors (Lipinski definition) is 1. The summed E-state index contributed by atoms with van der Waals surface area (Å²) >= 11 is 0. The monoisotopic (exact) mass is 258 g/mol. The Labute approximate surface area is 93.5 Å². The van der Waals surface area contributed by atoms with Crippen molar-refractivity contribution < 1.29 is 22.9 Å². The lowest BCUT2D eigenvalue weighted by Gasteiger charge is -2.10. The fraction of sp³-hybridized carbons (Fsp3) is 0.143. The molecular formula is C7H6ClF3N2O3. The standard InChI is InChI=1S/C7H5F3N2O3.ClH/c8-7(9,10)4-2-1-3-5(12(13)14)6(4)15-11;/h1-3H,11H2;1H. The van der Waals surface area contributed by atoms with Gasteiger partial charge in [-0.2, -0.15) is 19.1 Å². The van der Waals surface area contributed by atoms with E-state index in [1.54, 1.807) is 0 Å². The van der Waals surface area contributed by atoms with Gasteiger partial charge in [-0.1, -0.05) is 6.07 Å². The smallest absolute Gasteiger partial charge is 0.404 e. The Kier molecular flexibility index (Phi) is 4.51. The molecule has 0 unspecified atom stereocenters. The molecule has 0 spiro atoms. The maximum absolute atomic E-state index is 12.3. The molecule has 0 bridgehead atoms. The van der Waals surface area contributed by atoms with Crippen molar-refractivity contribution in [1.82, 2.24) is 0 Å². The maximum atomic E-state index is 12.3. The van der Waals surface area contributed by atoms with Gasteiger partial charge in [-0.3, -0.25) is 10.1 Å². The van der Waals surface area contributed by atoms with Crippen molar-refractivity contribution in [2.24, 2.45) is 5.90 Å². The van der Waals surface area contributed by atoms with Gasteiger partial charge in [0, 0.05) is 6.07 Å². The Morgan fingerprint density at radius 1 is 1.38 bits per heavy atom. The molecule has 0 heterocycles. The van der Waals surface area contributed by atoms with Crippen molar-refractivity contribution in [3.8, 4) is 5.75 Å². The van der Waals surface area contributed by atoms with Crippen molar-refractivity contribution in [2.45, 2.75) is 6.18 Å². The third kappa shape index (κ3) is 2.74. The van der Waals surface area contributed by atoms with Gasteiger partial charge in [0.25, 0.3) is 0 Å². The van der Waals surface area contributed by atoms with Crippen LogP contribution in [-0.4, -0.2) is 4.92 Å². The average molecular weight is 259 g/mol. The maximum Gasteiger partial charge on any atom is 0.420 e. The van der Waals surface area contributed by atoms with Gasteiger partial charge in [0.15, 0.2) is 0 Å². The Morgan fingerprint density at radius 2 is 1.94 bits per heavy atom. The highest BCUT2D eigenvalue weighted by molar-refractivity contribution is 5.85. The zero-order chi connectivity index (χ0) is 11.6. The molecule has 0 saturated heterocycles. The van der Waals surface area contributed by atoms with E-state index in [0.717, 1.165) is 12.1 Å². The summed E-state index contributed by atoms with van der Waals surface area (Å²) in [5.74, 6) is 3.59. The third-order valence-electron chi connectivity index (χ3n) is 1.61. The summed E-state index contributed by atoms with van der Waals surface area (Å²) in [4.78, 5) is 13.3. The fourth-order valence-corrected chi connectivity index (χ4v) is 1.02. The second kappa shape index (κ2) is 4.99. The number of benzene rings is 1. The first-order valence-electron chi connectivity index (χ1n) is 3.59. The summed E-state index contributed by atoms with van der Waals surface area (Å²) in [7, 11) is 0. The van der Waals surface area contributed by atoms with Crippen LogP contribution in [-0.2, 0) is 6.18 Å². The van der Waals surface area contributed by atoms with Gasteiger partial charge < -0.3 is 4.84 Å². The highest BCUT2D eigenvalue weighted by atomic mass is 35.5. The molecule has 0 saturated carbocycles. The van der Waals surface area contributed by atoms with Crippen LogP contribution in [0.5, 0.6) is 5.75 Å². The topological polar surface area (TPSA) is 78.4 Å². The number of nitro groups is 1. The van der Waals surface area contributed by atoms with Crippen molar-refractivity contribution in [2.75, 3.05) is 0 Å². The molecule has 9 heteroatoms. The van der Waals surface area contributed by atoms with Crippen LogP contribution in [0, 0.1) is 10.1 Å². The lowest BCUT2D eigenvalue weighted by atomic mass is 10.1. The van der Waals surface area contributed by atoms with E-state index >= 15 is 0 Å². The molecule has 0 aliphatic heterocycles. The quantitative estimate of drug-likeness (QED) is 0.652. The molecule has 0 amide bonds. The predicted octanol–water partition coefficient (Wildman–Crippen LogP) is 2.29. The van der Waals surface area contributed by atoms with Crippen LogP contribution in [0.4, 0.5) is 18.9 Å². The molecular weight excluding hydrogens is 253 g/mol. The van der Waals surface area contributed by atoms with E-state index in [-0.39, 0.29) is 12.4 Å². The number of nitrogens with two attached hydrogens (primary N) is 1. The predicted molar refractivity (Wildman–Crippen MR) is 50.2 cm³/mol. The second-order valence-corrected chi connectivity index (χ2v) is 2.53. The highest BCUT2D eigenvalue weighted by Gasteiger charge is 2.37. The summed E-state index contributed by atoms with van der Waals surface area (Å²) in [5.41, 5.74) is -2.11. The molecule has 1 rings (SSSR count). The molecule has 1 aromatic carbocycles. The molecule has 0 aromatic heterocycles. The molecule has 5 nitrogen and oxygen atoms in total. The van der Waals surface area contributed by atoms with Gasteiger partial charge in [0.05, 0.1) is 4.92 Å². The molecule has 0 aliphatic carbocycles. The van der Waals surface area contributed by atoms with E-state index in [1.165, 1.54) is 0 Å². The molecule has 0 atom stereocenters. The minimum atomic E-state index is -4.75. The van der Waals surface area contributed by atoms with Gasteiger partial charge in [-0.05, 0) is 6.07 Å². The van der Waals surface area contributed by atoms with Crippen LogP contribution < -0.4 is 10.7 Å². The minimum Gasteiger partial charge on any atom is -0.404 e. The number of nitro benzene ring substituents is 1. The molecule has 0 fully saturated rings. The fourth-order valence-electron chi connectivity index (χ4n) is 1.02. The van der Waals surface area contributed by atoms with Crippen molar-refractivity contribution >= 4 is 18.1 Å². The molecule has 0 aliphatic rings. The second-order valence-electron chi connectivity index (χ2n) is 2.53. The number of rotatable bonds is 2. The van der Waals surface area contributed by atoms with E-state index in [1.807, 2.05) is 0 Å². The summed E-state index contributed by atoms with van der Waals surface area (Å²) < 4.78 is 37.0. The first-order valence-corrected chi connectivity index (χ1v) is 3.59. The SMILES string of the molecule is Cl.NOc1c([N+](=O)[O-])cccc1C(F)(F)F. The first-order chi connectivity index (χ1) is 6.88. The Balaban J connectivity index is 0.00000225. The lowest BCUT2D eigenvalue weighted by molar-refractivity contribution is -0.386. The van der Waals surface area contributed by atoms with Gasteiger partial charge in [-0.25, -0.2) is 0 Å². The largest absolute Gasteiger partial charge is 0.420 e. The summed E-state index contributed by atoms with van der Waals surface area (Å²) in [6.07, 6.45) is -4.75. The minimum absolute atomic E-state index is 0. The van der Waals surface area contributed by atoms with Crippen LogP contribution in [0.1, 0.15) is 5.56 Å². The van der Waals surface area contributed by atoms with Gasteiger partial charge >= 0.3 is 11.9 Å². The number of alkyl halides is 3. The van der Waals surface area contributed by atoms with Gasteiger partial charge in [0.2, 0.25) is 5.75 Å². The normalized spacial score (nSPS) is 10.5. The molecule has 0 radical (unpaired) electrons. The Morgan fingerprint density at radius 3 is 2.31 bits per heavy atom. The Hall–Kier alpha value is -1.54. The summed E-state index contributed by atoms with van der Waals surface area (Å²) in [6, 6.07) is 2.43. The zero-order valence-corrected chi connectivity index (χ0v) is 8.34. The molecule has 16 heavy (non-hydrogen) atoms. The van der Waals surface area contributed by atoms with E-state index in [0.29, 0.717) is 6.07 Å². The van der Waals surface area contributed by atoms with E-state index in [4.69, 9.17) is 0 Å². The van der Waals surface area contributed by atoms with E-state index in [2.05, 4.69) is 10.7 Å². The number of hydrogen-bond acceptors (Lipinski definition) is 4. The van der Waals surface area contributed by atoms with Gasteiger partial charge in [-0.15, -0.1) is 12.4 Å². The number of halogens is 4. The Bertz CT molecular complexity index is 397. The highest BCUT2D eigenvalue weighted by Crippen LogP contribution is 2.40. The van der Waals surface area contributed by atoms with Crippen LogP contribution in [0.25, 0.3) is 0 Å². The molecule has 90 valence electrons. The molecule has 2 N–H and O–H groups in total. The first kappa shape index (κ1) is 14.5. The van der Waals surface area contributed by atoms with Crippen molar-refractivity contribution in [1.29, 1.82) is 0 Å². The third-order valence-corrected chi connectivity index (χ3v) is 1.61. The summed E-state index contributed by atoms with van der Waals surface area (Å²) in [6.45, 7) is 0. The van der Waals surface area contributed by atoms with E-state index in [9.17, 15) is 23.3 Å². The van der Waals surface area contributed by atoms with Crippen LogP contribution in [0.3, 0.4) is 0 Å². The summed E-state index contributed by atoms with van der Waals surface area (Å²) in [5, 5.41) is 10.4. The van der Waals surface area contributed by atoms with Crippen molar-refractivity contribution in [3.05, 3.63) is 33.9 Å². The van der Waals surface area contributed by atoms with Crippen molar-refractivity contribution in [3.63, 3.8) is 0 Å². The number of para-hydroxylation sites is 1. The van der Waals surface area contributed by atoms with Crippen LogP contribution in [0.15, 0.2) is 18.2 Å². The molecule has 1 aromatic rings. The average Bonchev–Trinajstić information content (AvgIpc) is 2.15. The van der Waals surface area contributed by atoms with E-state index < -0.39 is 28.1 Å². The van der Waals surface area contributed by atoms with Crippen LogP contribution >= 0.6 is 12.4 Å². The lowest BCUT2D eigenvalue weighted by Crippen LogP contribution is -2.13.